The zero-order valence-electron chi connectivity index (χ0n) is 13.7. The molecule has 1 aliphatic carbocycles. The van der Waals surface area contributed by atoms with Crippen LogP contribution in [0.4, 0.5) is 4.79 Å². The van der Waals surface area contributed by atoms with Crippen molar-refractivity contribution in [2.24, 2.45) is 0 Å². The maximum Gasteiger partial charge on any atom is 0.315 e. The van der Waals surface area contributed by atoms with Gasteiger partial charge in [-0.3, -0.25) is 0 Å². The van der Waals surface area contributed by atoms with Gasteiger partial charge in [-0.25, -0.2) is 4.79 Å². The number of carbonyl (C=O) groups is 1. The van der Waals surface area contributed by atoms with E-state index >= 15 is 0 Å². The van der Waals surface area contributed by atoms with Crippen molar-refractivity contribution in [3.05, 3.63) is 70.9 Å². The molecule has 4 rings (SSSR count). The maximum absolute atomic E-state index is 12.1. The zero-order chi connectivity index (χ0) is 16.5. The summed E-state index contributed by atoms with van der Waals surface area (Å²) in [5, 5.41) is 7.31. The molecular weight excluding hydrogens is 298 g/mol. The molecule has 1 aromatic heterocycles. The Kier molecular flexibility index (Phi) is 3.73. The quantitative estimate of drug-likeness (QED) is 0.680. The van der Waals surface area contributed by atoms with Gasteiger partial charge in [0, 0.05) is 35.6 Å². The van der Waals surface area contributed by atoms with Crippen molar-refractivity contribution in [3.8, 4) is 0 Å². The number of rotatable bonds is 3. The summed E-state index contributed by atoms with van der Waals surface area (Å²) in [6.45, 7) is 2.66. The van der Waals surface area contributed by atoms with Crippen LogP contribution in [0.1, 0.15) is 22.4 Å². The molecule has 4 heteroatoms. The Hall–Kier alpha value is -2.75. The van der Waals surface area contributed by atoms with Gasteiger partial charge >= 0.3 is 6.03 Å². The van der Waals surface area contributed by atoms with Crippen LogP contribution in [0.2, 0.25) is 0 Å². The van der Waals surface area contributed by atoms with Crippen LogP contribution < -0.4 is 10.6 Å². The predicted molar refractivity (Wildman–Crippen MR) is 96.0 cm³/mol. The summed E-state index contributed by atoms with van der Waals surface area (Å²) in [4.78, 5) is 15.6. The molecule has 4 nitrogen and oxygen atoms in total. The van der Waals surface area contributed by atoms with E-state index in [1.54, 1.807) is 0 Å². The van der Waals surface area contributed by atoms with Crippen molar-refractivity contribution in [3.63, 3.8) is 0 Å². The zero-order valence-corrected chi connectivity index (χ0v) is 13.7. The Morgan fingerprint density at radius 3 is 2.83 bits per heavy atom. The SMILES string of the molecule is Cc1ccc2[nH]c3c(c2c1)CC(NC(=O)NCc1ccccc1)C3. The molecular formula is C20H21N3O. The molecule has 1 heterocycles. The number of urea groups is 1. The predicted octanol–water partition coefficient (Wildman–Crippen LogP) is 3.44. The van der Waals surface area contributed by atoms with E-state index < -0.39 is 0 Å². The lowest BCUT2D eigenvalue weighted by molar-refractivity contribution is 0.237. The Bertz CT molecular complexity index is 883. The number of H-pyrrole nitrogens is 1. The van der Waals surface area contributed by atoms with Gasteiger partial charge in [0.05, 0.1) is 0 Å². The van der Waals surface area contributed by atoms with Gasteiger partial charge in [-0.2, -0.15) is 0 Å². The van der Waals surface area contributed by atoms with Crippen LogP contribution >= 0.6 is 0 Å². The summed E-state index contributed by atoms with van der Waals surface area (Å²) in [6, 6.07) is 16.5. The van der Waals surface area contributed by atoms with Gasteiger partial charge in [-0.1, -0.05) is 42.0 Å². The molecule has 24 heavy (non-hydrogen) atoms. The Morgan fingerprint density at radius 1 is 1.17 bits per heavy atom. The van der Waals surface area contributed by atoms with E-state index in [0.717, 1.165) is 18.4 Å². The first-order valence-corrected chi connectivity index (χ1v) is 8.37. The Balaban J connectivity index is 1.38. The average molecular weight is 319 g/mol. The number of hydrogen-bond acceptors (Lipinski definition) is 1. The van der Waals surface area contributed by atoms with Crippen LogP contribution in [0, 0.1) is 6.92 Å². The average Bonchev–Trinajstić information content (AvgIpc) is 3.11. The lowest BCUT2D eigenvalue weighted by Gasteiger charge is -2.13. The van der Waals surface area contributed by atoms with Crippen LogP contribution in [-0.4, -0.2) is 17.1 Å². The number of carbonyl (C=O) groups excluding carboxylic acids is 1. The first-order chi connectivity index (χ1) is 11.7. The van der Waals surface area contributed by atoms with Crippen LogP contribution in [0.15, 0.2) is 48.5 Å². The van der Waals surface area contributed by atoms with E-state index in [1.165, 1.54) is 27.7 Å². The van der Waals surface area contributed by atoms with Crippen molar-refractivity contribution in [1.29, 1.82) is 0 Å². The minimum absolute atomic E-state index is 0.102. The Morgan fingerprint density at radius 2 is 2.00 bits per heavy atom. The lowest BCUT2D eigenvalue weighted by atomic mass is 10.1. The second-order valence-corrected chi connectivity index (χ2v) is 6.55. The van der Waals surface area contributed by atoms with Crippen LogP contribution in [0.5, 0.6) is 0 Å². The number of aryl methyl sites for hydroxylation is 1. The fourth-order valence-corrected chi connectivity index (χ4v) is 3.51. The van der Waals surface area contributed by atoms with Gasteiger partial charge in [-0.15, -0.1) is 0 Å². The summed E-state index contributed by atoms with van der Waals surface area (Å²) < 4.78 is 0. The summed E-state index contributed by atoms with van der Waals surface area (Å²) in [5.74, 6) is 0. The van der Waals surface area contributed by atoms with Gasteiger partial charge < -0.3 is 15.6 Å². The summed E-state index contributed by atoms with van der Waals surface area (Å²) in [5.41, 5.74) is 6.16. The normalized spacial score (nSPS) is 16.1. The summed E-state index contributed by atoms with van der Waals surface area (Å²) in [6.07, 6.45) is 1.75. The highest BCUT2D eigenvalue weighted by Crippen LogP contribution is 2.30. The maximum atomic E-state index is 12.1. The van der Waals surface area contributed by atoms with Crippen LogP contribution in [0.3, 0.4) is 0 Å². The molecule has 1 atom stereocenters. The minimum atomic E-state index is -0.102. The summed E-state index contributed by atoms with van der Waals surface area (Å²) >= 11 is 0. The third-order valence-corrected chi connectivity index (χ3v) is 4.68. The molecule has 1 aliphatic rings. The van der Waals surface area contributed by atoms with E-state index in [4.69, 9.17) is 0 Å². The highest BCUT2D eigenvalue weighted by Gasteiger charge is 2.26. The van der Waals surface area contributed by atoms with Gasteiger partial charge in [0.1, 0.15) is 0 Å². The molecule has 2 aromatic carbocycles. The molecule has 1 unspecified atom stereocenters. The van der Waals surface area contributed by atoms with Crippen LogP contribution in [-0.2, 0) is 19.4 Å². The Labute approximate surface area is 141 Å². The number of amides is 2. The van der Waals surface area contributed by atoms with Gasteiger partial charge in [0.25, 0.3) is 0 Å². The van der Waals surface area contributed by atoms with Gasteiger partial charge in [0.15, 0.2) is 0 Å². The first-order valence-electron chi connectivity index (χ1n) is 8.37. The highest BCUT2D eigenvalue weighted by atomic mass is 16.2. The van der Waals surface area contributed by atoms with E-state index in [-0.39, 0.29) is 12.1 Å². The fraction of sp³-hybridized carbons (Fsp3) is 0.250. The third-order valence-electron chi connectivity index (χ3n) is 4.68. The molecule has 0 bridgehead atoms. The molecule has 0 aliphatic heterocycles. The third kappa shape index (κ3) is 2.87. The van der Waals surface area contributed by atoms with E-state index in [2.05, 4.69) is 40.7 Å². The van der Waals surface area contributed by atoms with Gasteiger partial charge in [0.2, 0.25) is 0 Å². The van der Waals surface area contributed by atoms with Crippen molar-refractivity contribution >= 4 is 16.9 Å². The number of benzene rings is 2. The van der Waals surface area contributed by atoms with Gasteiger partial charge in [-0.05, 0) is 36.6 Å². The van der Waals surface area contributed by atoms with Crippen molar-refractivity contribution in [2.75, 3.05) is 0 Å². The second kappa shape index (κ2) is 6.04. The van der Waals surface area contributed by atoms with E-state index in [1.807, 2.05) is 30.3 Å². The lowest BCUT2D eigenvalue weighted by Crippen LogP contribution is -2.42. The molecule has 3 N–H and O–H groups in total. The number of fused-ring (bicyclic) bond motifs is 3. The van der Waals surface area contributed by atoms with Crippen molar-refractivity contribution < 1.29 is 4.79 Å². The van der Waals surface area contributed by atoms with Crippen molar-refractivity contribution in [2.45, 2.75) is 32.4 Å². The smallest absolute Gasteiger partial charge is 0.315 e. The fourth-order valence-electron chi connectivity index (χ4n) is 3.51. The van der Waals surface area contributed by atoms with E-state index in [0.29, 0.717) is 6.54 Å². The molecule has 0 radical (unpaired) electrons. The largest absolute Gasteiger partial charge is 0.358 e. The number of aromatic nitrogens is 1. The van der Waals surface area contributed by atoms with E-state index in [9.17, 15) is 4.79 Å². The highest BCUT2D eigenvalue weighted by molar-refractivity contribution is 5.86. The second-order valence-electron chi connectivity index (χ2n) is 6.55. The molecule has 0 saturated carbocycles. The minimum Gasteiger partial charge on any atom is -0.358 e. The summed E-state index contributed by atoms with van der Waals surface area (Å²) in [7, 11) is 0. The monoisotopic (exact) mass is 319 g/mol. The topological polar surface area (TPSA) is 56.9 Å². The molecule has 0 saturated heterocycles. The number of aromatic amines is 1. The number of hydrogen-bond donors (Lipinski definition) is 3. The standard InChI is InChI=1S/C20H21N3O/c1-13-7-8-18-16(9-13)17-10-15(11-19(17)23-18)22-20(24)21-12-14-5-3-2-4-6-14/h2-9,15,23H,10-12H2,1H3,(H2,21,22,24). The molecule has 0 spiro atoms. The first kappa shape index (κ1) is 14.8. The van der Waals surface area contributed by atoms with Crippen LogP contribution in [0.25, 0.3) is 10.9 Å². The molecule has 122 valence electrons. The number of nitrogens with one attached hydrogen (secondary N) is 3. The molecule has 3 aromatic rings. The molecule has 2 amide bonds. The van der Waals surface area contributed by atoms with Crippen molar-refractivity contribution in [1.82, 2.24) is 15.6 Å². The molecule has 0 fully saturated rings.